The molecule has 4 aromatic heterocycles. The van der Waals surface area contributed by atoms with Crippen molar-refractivity contribution in [2.75, 3.05) is 13.2 Å². The molecule has 5 heterocycles. The third-order valence-corrected chi connectivity index (χ3v) is 9.64. The van der Waals surface area contributed by atoms with Gasteiger partial charge in [0.2, 0.25) is 0 Å². The van der Waals surface area contributed by atoms with Crippen LogP contribution in [-0.2, 0) is 37.8 Å². The number of imidazole rings is 2. The molecule has 0 aliphatic carbocycles. The molecular formula is C47H81N11O2. The van der Waals surface area contributed by atoms with Crippen LogP contribution in [-0.4, -0.2) is 48.0 Å². The number of nitrogens with one attached hydrogen (secondary N) is 6. The molecule has 1 unspecified atom stereocenters. The first kappa shape index (κ1) is 53.0. The largest absolute Gasteiger partial charge is 0.385 e. The Labute approximate surface area is 362 Å². The van der Waals surface area contributed by atoms with Crippen molar-refractivity contribution in [3.63, 3.8) is 0 Å². The minimum Gasteiger partial charge on any atom is -0.385 e. The van der Waals surface area contributed by atoms with Gasteiger partial charge in [0.05, 0.1) is 61.7 Å². The van der Waals surface area contributed by atoms with E-state index in [-0.39, 0.29) is 35.2 Å². The summed E-state index contributed by atoms with van der Waals surface area (Å²) in [7, 11) is 1.96. The number of hydrogen-bond donors (Lipinski definition) is 6. The highest BCUT2D eigenvalue weighted by Gasteiger charge is 2.25. The SMILES string of the molecule is C.C=C(NCC1OCCc2[nH]cnc21)C(C)(C)C.C=C(NCc1cc(C)nn1C)C(C)(C)C.C=C(NCc1cc(C)on1)C(C)(C)C.C=C(NCc1cnc[nH]1)C(C)(C)C. The third-order valence-electron chi connectivity index (χ3n) is 9.64. The summed E-state index contributed by atoms with van der Waals surface area (Å²) in [5.74, 6) is 0.836. The summed E-state index contributed by atoms with van der Waals surface area (Å²) in [4.78, 5) is 14.5. The Kier molecular flexibility index (Phi) is 20.4. The monoisotopic (exact) mass is 832 g/mol. The van der Waals surface area contributed by atoms with Gasteiger partial charge in [0, 0.05) is 82.4 Å². The van der Waals surface area contributed by atoms with Gasteiger partial charge in [0.25, 0.3) is 0 Å². The fraction of sp³-hybridized carbons (Fsp3) is 0.574. The van der Waals surface area contributed by atoms with E-state index in [0.29, 0.717) is 6.54 Å². The van der Waals surface area contributed by atoms with Gasteiger partial charge < -0.3 is 40.5 Å². The smallest absolute Gasteiger partial charge is 0.133 e. The highest BCUT2D eigenvalue weighted by Crippen LogP contribution is 2.26. The molecule has 6 N–H and O–H groups in total. The summed E-state index contributed by atoms with van der Waals surface area (Å²) in [5.41, 5.74) is 11.0. The van der Waals surface area contributed by atoms with Gasteiger partial charge in [-0.25, -0.2) is 9.97 Å². The molecule has 13 nitrogen and oxygen atoms in total. The Bertz CT molecular complexity index is 1900. The molecule has 13 heteroatoms. The van der Waals surface area contributed by atoms with Crippen molar-refractivity contribution in [3.8, 4) is 0 Å². The first-order chi connectivity index (χ1) is 27.2. The molecule has 5 rings (SSSR count). The standard InChI is InChI=1S/C13H21N3O.C12H21N3.C11H18N2O.C10H17N3.CH4/c1-9(13(2,3)4)14-7-11-12-10(5-6-17-11)15-8-16-12;1-9-7-11(15(6)14-9)8-13-10(2)12(3,4)5;1-8-6-10(13-14-8)7-12-9(2)11(3,4)5;1-8(10(2,3)4)12-6-9-5-11-7-13-9;/h8,11,14H,1,5-7H2,2-4H3,(H,15,16);7,13H,2,8H2,1,3-6H3;6,12H,2,7H2,1,3-5H3;5,7,12H,1,6H2,2-4H3,(H,11,13);1H4. The number of aryl methyl sites for hydroxylation is 3. The maximum absolute atomic E-state index is 5.74. The zero-order valence-electron chi connectivity index (χ0n) is 39.1. The van der Waals surface area contributed by atoms with E-state index in [9.17, 15) is 0 Å². The number of nitrogens with zero attached hydrogens (tertiary/aromatic N) is 5. The maximum atomic E-state index is 5.74. The Hall–Kier alpha value is -5.04. The number of allylic oxidation sites excluding steroid dienone is 4. The van der Waals surface area contributed by atoms with Crippen LogP contribution in [0.3, 0.4) is 0 Å². The molecule has 60 heavy (non-hydrogen) atoms. The normalized spacial score (nSPS) is 13.6. The summed E-state index contributed by atoms with van der Waals surface area (Å²) in [6, 6.07) is 4.01. The molecule has 0 bridgehead atoms. The molecule has 0 aromatic carbocycles. The molecule has 1 aliphatic heterocycles. The summed E-state index contributed by atoms with van der Waals surface area (Å²) >= 11 is 0. The molecule has 336 valence electrons. The average Bonchev–Trinajstić information content (AvgIpc) is 3.95. The first-order valence-corrected chi connectivity index (χ1v) is 20.4. The van der Waals surface area contributed by atoms with Crippen molar-refractivity contribution < 1.29 is 9.26 Å². The van der Waals surface area contributed by atoms with Gasteiger partial charge in [-0.1, -0.05) is 122 Å². The Morgan fingerprint density at radius 2 is 1.28 bits per heavy atom. The summed E-state index contributed by atoms with van der Waals surface area (Å²) in [6.45, 7) is 49.3. The number of rotatable bonds is 12. The van der Waals surface area contributed by atoms with Crippen molar-refractivity contribution in [2.24, 2.45) is 28.7 Å². The maximum Gasteiger partial charge on any atom is 0.133 e. The van der Waals surface area contributed by atoms with Crippen LogP contribution in [0, 0.1) is 35.5 Å². The molecule has 0 spiro atoms. The van der Waals surface area contributed by atoms with E-state index < -0.39 is 0 Å². The molecule has 1 atom stereocenters. The third kappa shape index (κ3) is 18.9. The molecule has 0 amide bonds. The van der Waals surface area contributed by atoms with Crippen molar-refractivity contribution >= 4 is 0 Å². The van der Waals surface area contributed by atoms with Gasteiger partial charge in [-0.15, -0.1) is 0 Å². The summed E-state index contributed by atoms with van der Waals surface area (Å²) in [6.07, 6.45) is 6.18. The topological polar surface area (TPSA) is 159 Å². The van der Waals surface area contributed by atoms with Crippen LogP contribution < -0.4 is 21.3 Å². The van der Waals surface area contributed by atoms with Crippen molar-refractivity contribution in [1.29, 1.82) is 0 Å². The lowest BCUT2D eigenvalue weighted by Crippen LogP contribution is -2.31. The zero-order chi connectivity index (χ0) is 44.8. The number of hydrogen-bond acceptors (Lipinski definition) is 10. The second-order valence-electron chi connectivity index (χ2n) is 19.1. The second-order valence-corrected chi connectivity index (χ2v) is 19.1. The van der Waals surface area contributed by atoms with E-state index in [1.54, 1.807) is 12.7 Å². The summed E-state index contributed by atoms with van der Waals surface area (Å²) < 4.78 is 12.6. The number of aromatic nitrogens is 7. The zero-order valence-corrected chi connectivity index (χ0v) is 39.1. The van der Waals surface area contributed by atoms with Crippen LogP contribution in [0.5, 0.6) is 0 Å². The van der Waals surface area contributed by atoms with Gasteiger partial charge in [0.15, 0.2) is 0 Å². The molecule has 0 saturated carbocycles. The van der Waals surface area contributed by atoms with Gasteiger partial charge in [-0.3, -0.25) is 4.68 Å². The summed E-state index contributed by atoms with van der Waals surface area (Å²) in [5, 5.41) is 21.4. The molecule has 4 aromatic rings. The molecule has 0 saturated heterocycles. The highest BCUT2D eigenvalue weighted by molar-refractivity contribution is 5.18. The fourth-order valence-electron chi connectivity index (χ4n) is 4.93. The fourth-order valence-corrected chi connectivity index (χ4v) is 4.93. The van der Waals surface area contributed by atoms with Gasteiger partial charge in [0.1, 0.15) is 17.6 Å². The predicted octanol–water partition coefficient (Wildman–Crippen LogP) is 9.88. The quantitative estimate of drug-likeness (QED) is 0.0812. The van der Waals surface area contributed by atoms with E-state index >= 15 is 0 Å². The first-order valence-electron chi connectivity index (χ1n) is 20.4. The lowest BCUT2D eigenvalue weighted by molar-refractivity contribution is 0.0400. The van der Waals surface area contributed by atoms with Crippen LogP contribution in [0.15, 0.2) is 84.6 Å². The molecule has 0 radical (unpaired) electrons. The van der Waals surface area contributed by atoms with Crippen LogP contribution in [0.4, 0.5) is 0 Å². The van der Waals surface area contributed by atoms with E-state index in [1.165, 1.54) is 11.4 Å². The van der Waals surface area contributed by atoms with Crippen LogP contribution >= 0.6 is 0 Å². The number of ether oxygens (including phenoxy) is 1. The molecule has 1 aliphatic rings. The van der Waals surface area contributed by atoms with E-state index in [1.807, 2.05) is 37.8 Å². The minimum absolute atomic E-state index is 0. The van der Waals surface area contributed by atoms with E-state index in [4.69, 9.17) is 9.26 Å². The number of H-pyrrole nitrogens is 2. The molecular weight excluding hydrogens is 751 g/mol. The Morgan fingerprint density at radius 3 is 1.75 bits per heavy atom. The predicted molar refractivity (Wildman–Crippen MR) is 248 cm³/mol. The van der Waals surface area contributed by atoms with Gasteiger partial charge in [-0.05, 0) is 19.9 Å². The van der Waals surface area contributed by atoms with E-state index in [0.717, 1.165) is 84.0 Å². The Morgan fingerprint density at radius 1 is 0.750 bits per heavy atom. The van der Waals surface area contributed by atoms with E-state index in [2.05, 4.69) is 167 Å². The van der Waals surface area contributed by atoms with Crippen LogP contribution in [0.1, 0.15) is 137 Å². The number of fused-ring (bicyclic) bond motifs is 1. The van der Waals surface area contributed by atoms with Crippen molar-refractivity contribution in [1.82, 2.24) is 56.1 Å². The van der Waals surface area contributed by atoms with Crippen molar-refractivity contribution in [2.45, 2.75) is 137 Å². The van der Waals surface area contributed by atoms with Gasteiger partial charge >= 0.3 is 0 Å². The van der Waals surface area contributed by atoms with Gasteiger partial charge in [-0.2, -0.15) is 5.10 Å². The van der Waals surface area contributed by atoms with Crippen LogP contribution in [0.2, 0.25) is 0 Å². The lowest BCUT2D eigenvalue weighted by Gasteiger charge is -2.27. The average molecular weight is 832 g/mol. The Balaban J connectivity index is 0.000000400. The second kappa shape index (κ2) is 23.1. The highest BCUT2D eigenvalue weighted by atomic mass is 16.5. The number of aromatic amines is 2. The van der Waals surface area contributed by atoms with Crippen molar-refractivity contribution in [3.05, 3.63) is 120 Å². The lowest BCUT2D eigenvalue weighted by atomic mass is 9.93. The minimum atomic E-state index is 0. The van der Waals surface area contributed by atoms with Crippen LogP contribution in [0.25, 0.3) is 0 Å². The molecule has 0 fully saturated rings.